The van der Waals surface area contributed by atoms with Crippen LogP contribution in [0.2, 0.25) is 5.02 Å². The van der Waals surface area contributed by atoms with Crippen molar-refractivity contribution in [3.8, 4) is 5.75 Å². The number of amides is 2. The fraction of sp³-hybridized carbons (Fsp3) is 0.556. The molecule has 134 valence electrons. The second-order valence-corrected chi connectivity index (χ2v) is 7.35. The summed E-state index contributed by atoms with van der Waals surface area (Å²) in [5, 5.41) is 3.51. The monoisotopic (exact) mass is 354 g/mol. The Morgan fingerprint density at radius 2 is 1.96 bits per heavy atom. The number of ether oxygens (including phenoxy) is 1. The number of nitrogens with zero attached hydrogens (tertiary/aromatic N) is 1. The molecule has 0 aliphatic heterocycles. The number of hydrogen-bond donors (Lipinski definition) is 1. The smallest absolute Gasteiger partial charge is 0.240 e. The number of halogens is 1. The Kier molecular flexibility index (Phi) is 7.55. The molecule has 2 amide bonds. The zero-order valence-electron chi connectivity index (χ0n) is 15.1. The van der Waals surface area contributed by atoms with Gasteiger partial charge in [0.1, 0.15) is 5.75 Å². The third-order valence-electron chi connectivity index (χ3n) is 3.25. The minimum Gasteiger partial charge on any atom is -0.493 e. The number of benzene rings is 1. The van der Waals surface area contributed by atoms with E-state index in [0.29, 0.717) is 24.5 Å². The molecule has 0 bridgehead atoms. The van der Waals surface area contributed by atoms with Gasteiger partial charge in [0, 0.05) is 24.0 Å². The minimum atomic E-state index is -0.300. The van der Waals surface area contributed by atoms with Crippen molar-refractivity contribution in [2.45, 2.75) is 46.1 Å². The van der Waals surface area contributed by atoms with Gasteiger partial charge >= 0.3 is 0 Å². The van der Waals surface area contributed by atoms with Crippen molar-refractivity contribution in [2.75, 3.05) is 20.2 Å². The molecule has 0 radical (unpaired) electrons. The largest absolute Gasteiger partial charge is 0.493 e. The lowest BCUT2D eigenvalue weighted by Gasteiger charge is -2.23. The first-order valence-corrected chi connectivity index (χ1v) is 8.40. The van der Waals surface area contributed by atoms with Gasteiger partial charge < -0.3 is 15.0 Å². The quantitative estimate of drug-likeness (QED) is 0.765. The molecule has 0 aliphatic carbocycles. The molecule has 0 unspecified atom stereocenters. The number of nitrogens with one attached hydrogen (secondary N) is 1. The molecule has 1 aromatic carbocycles. The third kappa shape index (κ3) is 7.68. The maximum absolute atomic E-state index is 12.0. The fourth-order valence-electron chi connectivity index (χ4n) is 2.13. The lowest BCUT2D eigenvalue weighted by molar-refractivity contribution is -0.135. The van der Waals surface area contributed by atoms with E-state index < -0.39 is 0 Å². The highest BCUT2D eigenvalue weighted by Gasteiger charge is 2.17. The molecule has 6 heteroatoms. The van der Waals surface area contributed by atoms with E-state index >= 15 is 0 Å². The second kappa shape index (κ2) is 8.92. The number of likely N-dealkylation sites (N-methyl/N-ethyl adjacent to an activating group) is 1. The van der Waals surface area contributed by atoms with Gasteiger partial charge in [0.05, 0.1) is 13.2 Å². The SMILES string of the molecule is Cc1cc(Cl)ccc1OCCCC(=O)N(C)CC(=O)NC(C)(C)C. The highest BCUT2D eigenvalue weighted by molar-refractivity contribution is 6.30. The number of carbonyl (C=O) groups is 2. The average molecular weight is 355 g/mol. The van der Waals surface area contributed by atoms with Gasteiger partial charge in [-0.2, -0.15) is 0 Å². The molecular weight excluding hydrogens is 328 g/mol. The zero-order valence-corrected chi connectivity index (χ0v) is 15.9. The molecule has 1 aromatic rings. The summed E-state index contributed by atoms with van der Waals surface area (Å²) in [6.07, 6.45) is 0.929. The Bertz CT molecular complexity index is 582. The van der Waals surface area contributed by atoms with Gasteiger partial charge in [0.15, 0.2) is 0 Å². The Morgan fingerprint density at radius 3 is 2.54 bits per heavy atom. The predicted octanol–water partition coefficient (Wildman–Crippen LogP) is 3.18. The summed E-state index contributed by atoms with van der Waals surface area (Å²) in [6, 6.07) is 5.43. The van der Waals surface area contributed by atoms with Crippen LogP contribution < -0.4 is 10.1 Å². The number of aryl methyl sites for hydroxylation is 1. The summed E-state index contributed by atoms with van der Waals surface area (Å²) in [7, 11) is 1.63. The summed E-state index contributed by atoms with van der Waals surface area (Å²) >= 11 is 5.90. The molecule has 0 aromatic heterocycles. The first-order valence-electron chi connectivity index (χ1n) is 8.02. The summed E-state index contributed by atoms with van der Waals surface area (Å²) in [5.74, 6) is 0.534. The van der Waals surface area contributed by atoms with Gasteiger partial charge in [-0.3, -0.25) is 9.59 Å². The van der Waals surface area contributed by atoms with E-state index in [1.165, 1.54) is 4.90 Å². The van der Waals surface area contributed by atoms with Gasteiger partial charge in [-0.05, 0) is 57.9 Å². The number of hydrogen-bond acceptors (Lipinski definition) is 3. The first-order chi connectivity index (χ1) is 11.1. The van der Waals surface area contributed by atoms with E-state index in [4.69, 9.17) is 16.3 Å². The molecule has 1 rings (SSSR count). The Balaban J connectivity index is 2.31. The normalized spacial score (nSPS) is 11.1. The summed E-state index contributed by atoms with van der Waals surface area (Å²) < 4.78 is 5.66. The Labute approximate surface area is 149 Å². The van der Waals surface area contributed by atoms with Crippen LogP contribution in [0.5, 0.6) is 5.75 Å². The molecule has 24 heavy (non-hydrogen) atoms. The molecule has 0 saturated carbocycles. The molecule has 1 N–H and O–H groups in total. The molecular formula is C18H27ClN2O3. The van der Waals surface area contributed by atoms with Crippen molar-refractivity contribution in [3.63, 3.8) is 0 Å². The van der Waals surface area contributed by atoms with Crippen LogP contribution in [0.3, 0.4) is 0 Å². The second-order valence-electron chi connectivity index (χ2n) is 6.91. The van der Waals surface area contributed by atoms with E-state index in [1.54, 1.807) is 13.1 Å². The summed E-state index contributed by atoms with van der Waals surface area (Å²) in [4.78, 5) is 25.3. The molecule has 0 aliphatic rings. The first kappa shape index (κ1) is 20.3. The van der Waals surface area contributed by atoms with Crippen LogP contribution in [0, 0.1) is 6.92 Å². The van der Waals surface area contributed by atoms with E-state index in [0.717, 1.165) is 11.3 Å². The summed E-state index contributed by atoms with van der Waals surface area (Å²) in [6.45, 7) is 8.14. The van der Waals surface area contributed by atoms with Crippen LogP contribution in [0.25, 0.3) is 0 Å². The lowest BCUT2D eigenvalue weighted by atomic mass is 10.1. The standard InChI is InChI=1S/C18H27ClN2O3/c1-13-11-14(19)8-9-15(13)24-10-6-7-17(23)21(5)12-16(22)20-18(2,3)4/h8-9,11H,6-7,10,12H2,1-5H3,(H,20,22). The molecule has 0 spiro atoms. The van der Waals surface area contributed by atoms with Gasteiger partial charge in [0.25, 0.3) is 0 Å². The third-order valence-corrected chi connectivity index (χ3v) is 3.49. The number of rotatable bonds is 7. The van der Waals surface area contributed by atoms with Gasteiger partial charge in [-0.15, -0.1) is 0 Å². The van der Waals surface area contributed by atoms with Crippen LogP contribution in [0.4, 0.5) is 0 Å². The van der Waals surface area contributed by atoms with E-state index in [2.05, 4.69) is 5.32 Å². The topological polar surface area (TPSA) is 58.6 Å². The van der Waals surface area contributed by atoms with Crippen molar-refractivity contribution < 1.29 is 14.3 Å². The minimum absolute atomic E-state index is 0.0628. The van der Waals surface area contributed by atoms with Crippen LogP contribution in [-0.4, -0.2) is 42.5 Å². The van der Waals surface area contributed by atoms with Crippen LogP contribution >= 0.6 is 11.6 Å². The van der Waals surface area contributed by atoms with Crippen molar-refractivity contribution >= 4 is 23.4 Å². The van der Waals surface area contributed by atoms with Crippen molar-refractivity contribution in [2.24, 2.45) is 0 Å². The molecule has 5 nitrogen and oxygen atoms in total. The molecule has 0 fully saturated rings. The van der Waals surface area contributed by atoms with E-state index in [1.807, 2.05) is 39.8 Å². The number of carbonyl (C=O) groups excluding carboxylic acids is 2. The molecule has 0 atom stereocenters. The van der Waals surface area contributed by atoms with Crippen LogP contribution in [-0.2, 0) is 9.59 Å². The van der Waals surface area contributed by atoms with E-state index in [-0.39, 0.29) is 23.9 Å². The van der Waals surface area contributed by atoms with Gasteiger partial charge in [0.2, 0.25) is 11.8 Å². The lowest BCUT2D eigenvalue weighted by Crippen LogP contribution is -2.46. The molecule has 0 saturated heterocycles. The fourth-order valence-corrected chi connectivity index (χ4v) is 2.36. The van der Waals surface area contributed by atoms with Gasteiger partial charge in [-0.25, -0.2) is 0 Å². The predicted molar refractivity (Wildman–Crippen MR) is 96.5 cm³/mol. The van der Waals surface area contributed by atoms with Gasteiger partial charge in [-0.1, -0.05) is 11.6 Å². The maximum Gasteiger partial charge on any atom is 0.240 e. The molecule has 0 heterocycles. The van der Waals surface area contributed by atoms with Crippen LogP contribution in [0.1, 0.15) is 39.2 Å². The summed E-state index contributed by atoms with van der Waals surface area (Å²) in [5.41, 5.74) is 0.662. The van der Waals surface area contributed by atoms with Crippen molar-refractivity contribution in [1.29, 1.82) is 0 Å². The highest BCUT2D eigenvalue weighted by atomic mass is 35.5. The Hall–Kier alpha value is -1.75. The van der Waals surface area contributed by atoms with Crippen molar-refractivity contribution in [3.05, 3.63) is 28.8 Å². The average Bonchev–Trinajstić information content (AvgIpc) is 2.42. The maximum atomic E-state index is 12.0. The zero-order chi connectivity index (χ0) is 18.3. The van der Waals surface area contributed by atoms with E-state index in [9.17, 15) is 9.59 Å². The highest BCUT2D eigenvalue weighted by Crippen LogP contribution is 2.21. The van der Waals surface area contributed by atoms with Crippen molar-refractivity contribution in [1.82, 2.24) is 10.2 Å². The van der Waals surface area contributed by atoms with Crippen LogP contribution in [0.15, 0.2) is 18.2 Å². The Morgan fingerprint density at radius 1 is 1.29 bits per heavy atom.